The summed E-state index contributed by atoms with van der Waals surface area (Å²) >= 11 is 0. The van der Waals surface area contributed by atoms with Crippen LogP contribution >= 0.6 is 0 Å². The van der Waals surface area contributed by atoms with Crippen LogP contribution < -0.4 is 0 Å². The van der Waals surface area contributed by atoms with Crippen molar-refractivity contribution in [1.29, 1.82) is 0 Å². The zero-order chi connectivity index (χ0) is 7.28. The van der Waals surface area contributed by atoms with Gasteiger partial charge in [-0.2, -0.15) is 0 Å². The summed E-state index contributed by atoms with van der Waals surface area (Å²) in [6.45, 7) is 4.93. The molecule has 49 valence electrons. The first-order valence-electron chi connectivity index (χ1n) is 2.54. The van der Waals surface area contributed by atoms with Crippen molar-refractivity contribution < 1.29 is 9.90 Å². The Bertz CT molecular complexity index is 154. The number of carboxylic acid groups (broad SMARTS) is 1. The van der Waals surface area contributed by atoms with E-state index in [4.69, 9.17) is 5.11 Å². The second kappa shape index (κ2) is 3.89. The van der Waals surface area contributed by atoms with Crippen LogP contribution in [0.5, 0.6) is 0 Å². The van der Waals surface area contributed by atoms with Gasteiger partial charge in [0, 0.05) is 5.57 Å². The maximum Gasteiger partial charge on any atom is 0.331 e. The largest absolute Gasteiger partial charge is 0.478 e. The lowest BCUT2D eigenvalue weighted by molar-refractivity contribution is -0.132. The Labute approximate surface area is 54.5 Å². The second-order valence-corrected chi connectivity index (χ2v) is 1.58. The second-order valence-electron chi connectivity index (χ2n) is 1.58. The summed E-state index contributed by atoms with van der Waals surface area (Å²) in [5.74, 6) is -0.895. The molecule has 0 saturated heterocycles. The van der Waals surface area contributed by atoms with Gasteiger partial charge < -0.3 is 5.11 Å². The quantitative estimate of drug-likeness (QED) is 0.447. The fourth-order valence-corrected chi connectivity index (χ4v) is 0.284. The first-order valence-corrected chi connectivity index (χ1v) is 2.54. The molecule has 0 heterocycles. The van der Waals surface area contributed by atoms with E-state index in [0.29, 0.717) is 5.57 Å². The SMILES string of the molecule is [CH2]/C=C/C=C(/C)C(=O)O. The molecule has 0 aliphatic heterocycles. The molecule has 0 rings (SSSR count). The molecular formula is C7H9O2. The average molecular weight is 125 g/mol. The van der Waals surface area contributed by atoms with E-state index in [2.05, 4.69) is 6.92 Å². The average Bonchev–Trinajstić information content (AvgIpc) is 1.82. The van der Waals surface area contributed by atoms with Gasteiger partial charge in [-0.15, -0.1) is 0 Å². The summed E-state index contributed by atoms with van der Waals surface area (Å²) in [4.78, 5) is 10.1. The molecular weight excluding hydrogens is 116 g/mol. The Morgan fingerprint density at radius 1 is 1.67 bits per heavy atom. The summed E-state index contributed by atoms with van der Waals surface area (Å²) in [6.07, 6.45) is 4.62. The van der Waals surface area contributed by atoms with Crippen LogP contribution in [0.15, 0.2) is 23.8 Å². The van der Waals surface area contributed by atoms with Gasteiger partial charge in [0.2, 0.25) is 0 Å². The van der Waals surface area contributed by atoms with E-state index < -0.39 is 5.97 Å². The molecule has 0 aliphatic rings. The molecule has 0 aromatic carbocycles. The van der Waals surface area contributed by atoms with Gasteiger partial charge in [0.1, 0.15) is 0 Å². The van der Waals surface area contributed by atoms with Gasteiger partial charge in [0.25, 0.3) is 0 Å². The summed E-state index contributed by atoms with van der Waals surface area (Å²) in [7, 11) is 0. The van der Waals surface area contributed by atoms with E-state index in [-0.39, 0.29) is 0 Å². The normalized spacial score (nSPS) is 12.4. The first kappa shape index (κ1) is 7.95. The van der Waals surface area contributed by atoms with E-state index in [1.807, 2.05) is 0 Å². The third-order valence-corrected chi connectivity index (χ3v) is 0.820. The lowest BCUT2D eigenvalue weighted by Crippen LogP contribution is -1.94. The van der Waals surface area contributed by atoms with Crippen molar-refractivity contribution in [3.63, 3.8) is 0 Å². The topological polar surface area (TPSA) is 37.3 Å². The molecule has 9 heavy (non-hydrogen) atoms. The fraction of sp³-hybridized carbons (Fsp3) is 0.143. The van der Waals surface area contributed by atoms with Crippen molar-refractivity contribution in [2.24, 2.45) is 0 Å². The molecule has 0 atom stereocenters. The number of carbonyl (C=O) groups is 1. The number of hydrogen-bond acceptors (Lipinski definition) is 1. The van der Waals surface area contributed by atoms with Crippen LogP contribution in [0.4, 0.5) is 0 Å². The highest BCUT2D eigenvalue weighted by Gasteiger charge is 1.94. The van der Waals surface area contributed by atoms with Crippen molar-refractivity contribution >= 4 is 5.97 Å². The highest BCUT2D eigenvalue weighted by molar-refractivity contribution is 5.86. The Balaban J connectivity index is 4.00. The molecule has 0 aliphatic carbocycles. The van der Waals surface area contributed by atoms with Gasteiger partial charge >= 0.3 is 5.97 Å². The van der Waals surface area contributed by atoms with Gasteiger partial charge in [-0.1, -0.05) is 18.2 Å². The minimum absolute atomic E-state index is 0.315. The number of aliphatic carboxylic acids is 1. The Kier molecular flexibility index (Phi) is 3.44. The molecule has 1 N–H and O–H groups in total. The van der Waals surface area contributed by atoms with E-state index >= 15 is 0 Å². The van der Waals surface area contributed by atoms with Crippen LogP contribution in [0.2, 0.25) is 0 Å². The fourth-order valence-electron chi connectivity index (χ4n) is 0.284. The predicted octanol–water partition coefficient (Wildman–Crippen LogP) is 1.41. The summed E-state index contributed by atoms with van der Waals surface area (Å²) < 4.78 is 0. The van der Waals surface area contributed by atoms with E-state index in [1.54, 1.807) is 6.08 Å². The smallest absolute Gasteiger partial charge is 0.331 e. The van der Waals surface area contributed by atoms with Gasteiger partial charge in [-0.25, -0.2) is 4.79 Å². The molecule has 0 aromatic heterocycles. The van der Waals surface area contributed by atoms with Crippen LogP contribution in [-0.4, -0.2) is 11.1 Å². The Morgan fingerprint density at radius 2 is 2.22 bits per heavy atom. The lowest BCUT2D eigenvalue weighted by atomic mass is 10.3. The van der Waals surface area contributed by atoms with Gasteiger partial charge in [0.05, 0.1) is 0 Å². The maximum absolute atomic E-state index is 10.1. The van der Waals surface area contributed by atoms with Crippen LogP contribution in [0, 0.1) is 6.92 Å². The van der Waals surface area contributed by atoms with Gasteiger partial charge in [0.15, 0.2) is 0 Å². The van der Waals surface area contributed by atoms with Crippen LogP contribution in [0.1, 0.15) is 6.92 Å². The van der Waals surface area contributed by atoms with Crippen LogP contribution in [-0.2, 0) is 4.79 Å². The van der Waals surface area contributed by atoms with Gasteiger partial charge in [-0.3, -0.25) is 0 Å². The number of rotatable bonds is 2. The molecule has 0 bridgehead atoms. The van der Waals surface area contributed by atoms with Crippen molar-refractivity contribution in [1.82, 2.24) is 0 Å². The molecule has 0 fully saturated rings. The maximum atomic E-state index is 10.1. The number of allylic oxidation sites excluding steroid dienone is 3. The molecule has 0 aromatic rings. The van der Waals surface area contributed by atoms with Crippen molar-refractivity contribution in [2.75, 3.05) is 0 Å². The zero-order valence-corrected chi connectivity index (χ0v) is 5.29. The van der Waals surface area contributed by atoms with Crippen LogP contribution in [0.25, 0.3) is 0 Å². The van der Waals surface area contributed by atoms with Crippen molar-refractivity contribution in [2.45, 2.75) is 6.92 Å². The van der Waals surface area contributed by atoms with Crippen LogP contribution in [0.3, 0.4) is 0 Å². The summed E-state index contributed by atoms with van der Waals surface area (Å²) in [5, 5.41) is 8.29. The molecule has 2 nitrogen and oxygen atoms in total. The monoisotopic (exact) mass is 125 g/mol. The molecule has 0 saturated carbocycles. The van der Waals surface area contributed by atoms with Crippen molar-refractivity contribution in [3.05, 3.63) is 30.7 Å². The predicted molar refractivity (Wildman–Crippen MR) is 35.9 cm³/mol. The van der Waals surface area contributed by atoms with E-state index in [1.165, 1.54) is 19.1 Å². The third kappa shape index (κ3) is 3.53. The standard InChI is InChI=1S/C7H9O2/c1-3-4-5-6(2)7(8)9/h3-5H,1H2,2H3,(H,8,9)/b4-3+,6-5-. The first-order chi connectivity index (χ1) is 4.18. The highest BCUT2D eigenvalue weighted by Crippen LogP contribution is 1.91. The van der Waals surface area contributed by atoms with E-state index in [9.17, 15) is 4.79 Å². The Morgan fingerprint density at radius 3 is 2.56 bits per heavy atom. The lowest BCUT2D eigenvalue weighted by Gasteiger charge is -1.85. The number of hydrogen-bond donors (Lipinski definition) is 1. The molecule has 0 amide bonds. The van der Waals surface area contributed by atoms with Gasteiger partial charge in [-0.05, 0) is 13.8 Å². The summed E-state index contributed by atoms with van der Waals surface area (Å²) in [6, 6.07) is 0. The molecule has 1 radical (unpaired) electrons. The third-order valence-electron chi connectivity index (χ3n) is 0.820. The molecule has 0 unspecified atom stereocenters. The Hall–Kier alpha value is -1.05. The summed E-state index contributed by atoms with van der Waals surface area (Å²) in [5.41, 5.74) is 0.315. The molecule has 2 heteroatoms. The zero-order valence-electron chi connectivity index (χ0n) is 5.29. The number of carboxylic acids is 1. The van der Waals surface area contributed by atoms with E-state index in [0.717, 1.165) is 0 Å². The minimum Gasteiger partial charge on any atom is -0.478 e. The minimum atomic E-state index is -0.895. The highest BCUT2D eigenvalue weighted by atomic mass is 16.4. The van der Waals surface area contributed by atoms with Crippen molar-refractivity contribution in [3.8, 4) is 0 Å². The molecule has 0 spiro atoms.